The van der Waals surface area contributed by atoms with Gasteiger partial charge in [-0.25, -0.2) is 0 Å². The normalized spacial score (nSPS) is 8.56. The molecule has 1 aromatic carbocycles. The Bertz CT molecular complexity index is 384. The predicted octanol–water partition coefficient (Wildman–Crippen LogP) is 4.30. The van der Waals surface area contributed by atoms with Gasteiger partial charge in [-0.3, -0.25) is 4.98 Å². The molecule has 0 aliphatic carbocycles. The van der Waals surface area contributed by atoms with Gasteiger partial charge in [-0.05, 0) is 36.1 Å². The Balaban J connectivity index is 0.000000509. The molecule has 0 saturated heterocycles. The molecular weight excluding hydrogens is 198 g/mol. The van der Waals surface area contributed by atoms with Crippen molar-refractivity contribution in [3.63, 3.8) is 0 Å². The van der Waals surface area contributed by atoms with E-state index in [1.54, 1.807) is 18.5 Å². The lowest BCUT2D eigenvalue weighted by atomic mass is 10.1. The van der Waals surface area contributed by atoms with Gasteiger partial charge in [-0.2, -0.15) is 0 Å². The first kappa shape index (κ1) is 14.4. The molecule has 2 nitrogen and oxygen atoms in total. The smallest absolute Gasteiger partial charge is 0.119 e. The summed E-state index contributed by atoms with van der Waals surface area (Å²) in [6.45, 7) is 9.88. The number of phenols is 1. The Kier molecular flexibility index (Phi) is 6.93. The summed E-state index contributed by atoms with van der Waals surface area (Å²) in [6, 6.07) is 5.57. The molecule has 0 aliphatic rings. The fourth-order valence-electron chi connectivity index (χ4n) is 1.24. The first-order chi connectivity index (χ1) is 7.77. The number of phenolic OH excluding ortho intramolecular Hbond substituents is 1. The topological polar surface area (TPSA) is 33.1 Å². The molecule has 0 fully saturated rings. The van der Waals surface area contributed by atoms with Gasteiger partial charge in [0.05, 0.1) is 0 Å². The summed E-state index contributed by atoms with van der Waals surface area (Å²) in [5, 5.41) is 11.5. The zero-order valence-corrected chi connectivity index (χ0v) is 10.8. The van der Waals surface area contributed by atoms with Crippen LogP contribution in [0.25, 0.3) is 10.8 Å². The van der Waals surface area contributed by atoms with Crippen molar-refractivity contribution in [2.45, 2.75) is 34.6 Å². The molecule has 1 aromatic heterocycles. The van der Waals surface area contributed by atoms with Crippen LogP contribution in [0.5, 0.6) is 5.75 Å². The van der Waals surface area contributed by atoms with E-state index in [0.717, 1.165) is 16.3 Å². The van der Waals surface area contributed by atoms with Gasteiger partial charge in [-0.1, -0.05) is 27.7 Å². The lowest BCUT2D eigenvalue weighted by Gasteiger charge is -2.00. The summed E-state index contributed by atoms with van der Waals surface area (Å²) < 4.78 is 0. The third-order valence-corrected chi connectivity index (χ3v) is 1.96. The van der Waals surface area contributed by atoms with Crippen LogP contribution in [0.15, 0.2) is 30.6 Å². The minimum absolute atomic E-state index is 0.341. The highest BCUT2D eigenvalue weighted by atomic mass is 16.3. The van der Waals surface area contributed by atoms with Crippen LogP contribution in [0.1, 0.15) is 33.3 Å². The van der Waals surface area contributed by atoms with E-state index in [-0.39, 0.29) is 0 Å². The van der Waals surface area contributed by atoms with Gasteiger partial charge >= 0.3 is 0 Å². The predicted molar refractivity (Wildman–Crippen MR) is 70.8 cm³/mol. The molecule has 0 aliphatic heterocycles. The third-order valence-electron chi connectivity index (χ3n) is 1.96. The van der Waals surface area contributed by atoms with Crippen molar-refractivity contribution in [2.24, 2.45) is 0 Å². The molecule has 16 heavy (non-hydrogen) atoms. The second-order valence-corrected chi connectivity index (χ2v) is 2.86. The number of hydrogen-bond donors (Lipinski definition) is 1. The minimum Gasteiger partial charge on any atom is -0.508 e. The van der Waals surface area contributed by atoms with Crippen LogP contribution in [0.4, 0.5) is 0 Å². The Morgan fingerprint density at radius 1 is 1.00 bits per heavy atom. The maximum atomic E-state index is 9.40. The fourth-order valence-corrected chi connectivity index (χ4v) is 1.24. The largest absolute Gasteiger partial charge is 0.508 e. The number of fused-ring (bicyclic) bond motifs is 1. The van der Waals surface area contributed by atoms with E-state index in [1.165, 1.54) is 0 Å². The van der Waals surface area contributed by atoms with Crippen molar-refractivity contribution in [2.75, 3.05) is 0 Å². The van der Waals surface area contributed by atoms with E-state index in [2.05, 4.69) is 4.98 Å². The first-order valence-corrected chi connectivity index (χ1v) is 5.81. The van der Waals surface area contributed by atoms with Crippen LogP contribution >= 0.6 is 0 Å². The van der Waals surface area contributed by atoms with E-state index in [0.29, 0.717) is 5.75 Å². The SMILES string of the molecule is CC.CC.Cc1cc2cnccc2cc1O. The zero-order valence-electron chi connectivity index (χ0n) is 10.8. The molecular formula is C14H21NO. The monoisotopic (exact) mass is 219 g/mol. The molecule has 0 saturated carbocycles. The van der Waals surface area contributed by atoms with Crippen molar-refractivity contribution in [1.82, 2.24) is 4.98 Å². The number of hydrogen-bond acceptors (Lipinski definition) is 2. The number of aryl methyl sites for hydroxylation is 1. The zero-order chi connectivity index (χ0) is 12.6. The van der Waals surface area contributed by atoms with Crippen molar-refractivity contribution in [3.05, 3.63) is 36.2 Å². The van der Waals surface area contributed by atoms with E-state index >= 15 is 0 Å². The molecule has 0 radical (unpaired) electrons. The molecule has 2 aromatic rings. The van der Waals surface area contributed by atoms with Gasteiger partial charge in [0.1, 0.15) is 5.75 Å². The van der Waals surface area contributed by atoms with Crippen molar-refractivity contribution in [1.29, 1.82) is 0 Å². The van der Waals surface area contributed by atoms with E-state index in [1.807, 2.05) is 46.8 Å². The second kappa shape index (κ2) is 7.69. The van der Waals surface area contributed by atoms with Gasteiger partial charge < -0.3 is 5.11 Å². The molecule has 2 heteroatoms. The Labute approximate surface area is 98.0 Å². The highest BCUT2D eigenvalue weighted by Gasteiger charge is 1.97. The molecule has 1 heterocycles. The summed E-state index contributed by atoms with van der Waals surface area (Å²) in [6.07, 6.45) is 3.51. The van der Waals surface area contributed by atoms with Gasteiger partial charge in [0.25, 0.3) is 0 Å². The summed E-state index contributed by atoms with van der Waals surface area (Å²) in [5.41, 5.74) is 0.885. The van der Waals surface area contributed by atoms with Crippen LogP contribution in [0, 0.1) is 6.92 Å². The lowest BCUT2D eigenvalue weighted by molar-refractivity contribution is 0.472. The maximum Gasteiger partial charge on any atom is 0.119 e. The number of aromatic nitrogens is 1. The molecule has 88 valence electrons. The van der Waals surface area contributed by atoms with Crippen LogP contribution < -0.4 is 0 Å². The average molecular weight is 219 g/mol. The van der Waals surface area contributed by atoms with E-state index in [4.69, 9.17) is 0 Å². The Hall–Kier alpha value is -1.57. The lowest BCUT2D eigenvalue weighted by Crippen LogP contribution is -1.78. The molecule has 1 N–H and O–H groups in total. The number of pyridine rings is 1. The van der Waals surface area contributed by atoms with Gasteiger partial charge in [0, 0.05) is 17.8 Å². The van der Waals surface area contributed by atoms with E-state index < -0.39 is 0 Å². The Morgan fingerprint density at radius 3 is 2.25 bits per heavy atom. The highest BCUT2D eigenvalue weighted by molar-refractivity contribution is 5.83. The quantitative estimate of drug-likeness (QED) is 0.716. The highest BCUT2D eigenvalue weighted by Crippen LogP contribution is 2.22. The minimum atomic E-state index is 0.341. The van der Waals surface area contributed by atoms with Crippen LogP contribution in [0.2, 0.25) is 0 Å². The molecule has 0 spiro atoms. The number of benzene rings is 1. The second-order valence-electron chi connectivity index (χ2n) is 2.86. The maximum absolute atomic E-state index is 9.40. The molecule has 0 unspecified atom stereocenters. The van der Waals surface area contributed by atoms with Crippen LogP contribution in [-0.2, 0) is 0 Å². The number of nitrogens with zero attached hydrogens (tertiary/aromatic N) is 1. The van der Waals surface area contributed by atoms with Gasteiger partial charge in [0.2, 0.25) is 0 Å². The van der Waals surface area contributed by atoms with Gasteiger partial charge in [0.15, 0.2) is 0 Å². The number of rotatable bonds is 0. The van der Waals surface area contributed by atoms with Crippen molar-refractivity contribution < 1.29 is 5.11 Å². The Morgan fingerprint density at radius 2 is 1.62 bits per heavy atom. The van der Waals surface area contributed by atoms with Crippen molar-refractivity contribution in [3.8, 4) is 5.75 Å². The number of aromatic hydroxyl groups is 1. The summed E-state index contributed by atoms with van der Waals surface area (Å²) in [4.78, 5) is 4.00. The third kappa shape index (κ3) is 3.54. The van der Waals surface area contributed by atoms with Gasteiger partial charge in [-0.15, -0.1) is 0 Å². The van der Waals surface area contributed by atoms with E-state index in [9.17, 15) is 5.11 Å². The molecule has 0 atom stereocenters. The summed E-state index contributed by atoms with van der Waals surface area (Å²) in [7, 11) is 0. The molecule has 2 rings (SSSR count). The standard InChI is InChI=1S/C10H9NO.2C2H6/c1-7-4-9-6-11-3-2-8(9)5-10(7)12;2*1-2/h2-6,12H,1H3;2*1-2H3. The average Bonchev–Trinajstić information content (AvgIpc) is 2.36. The van der Waals surface area contributed by atoms with Crippen molar-refractivity contribution >= 4 is 10.8 Å². The summed E-state index contributed by atoms with van der Waals surface area (Å²) >= 11 is 0. The summed E-state index contributed by atoms with van der Waals surface area (Å²) in [5.74, 6) is 0.341. The van der Waals surface area contributed by atoms with Crippen LogP contribution in [0.3, 0.4) is 0 Å². The fraction of sp³-hybridized carbons (Fsp3) is 0.357. The van der Waals surface area contributed by atoms with Crippen LogP contribution in [-0.4, -0.2) is 10.1 Å². The molecule has 0 bridgehead atoms. The molecule has 0 amide bonds. The first-order valence-electron chi connectivity index (χ1n) is 5.81.